The average molecular weight is 479 g/mol. The molecule has 1 aliphatic rings. The van der Waals surface area contributed by atoms with Crippen molar-refractivity contribution in [1.82, 2.24) is 0 Å². The fourth-order valence-electron chi connectivity index (χ4n) is 4.03. The molecule has 0 radical (unpaired) electrons. The molecule has 4 rings (SSSR count). The van der Waals surface area contributed by atoms with Crippen molar-refractivity contribution < 1.29 is 28.4 Å². The highest BCUT2D eigenvalue weighted by atomic mass is 31.2. The molecule has 34 heavy (non-hydrogen) atoms. The van der Waals surface area contributed by atoms with Crippen molar-refractivity contribution in [2.24, 2.45) is 0 Å². The number of ether oxygens (including phenoxy) is 3. The molecule has 1 N–H and O–H groups in total. The molecule has 0 heterocycles. The zero-order chi connectivity index (χ0) is 24.2. The minimum atomic E-state index is -3.36. The summed E-state index contributed by atoms with van der Waals surface area (Å²) in [7, 11) is -0.341. The summed E-state index contributed by atoms with van der Waals surface area (Å²) in [5.41, 5.74) is 0.442. The molecule has 1 aliphatic carbocycles. The summed E-state index contributed by atoms with van der Waals surface area (Å²) < 4.78 is 30.4. The van der Waals surface area contributed by atoms with Gasteiger partial charge in [-0.3, -0.25) is 9.59 Å². The third-order valence-electron chi connectivity index (χ3n) is 5.92. The van der Waals surface area contributed by atoms with Gasteiger partial charge in [0.05, 0.1) is 14.2 Å². The van der Waals surface area contributed by atoms with Gasteiger partial charge in [0, 0.05) is 34.5 Å². The number of methoxy groups -OCH3 is 2. The van der Waals surface area contributed by atoms with Crippen LogP contribution in [0.25, 0.3) is 0 Å². The van der Waals surface area contributed by atoms with Crippen molar-refractivity contribution >= 4 is 35.3 Å². The number of esters is 1. The van der Waals surface area contributed by atoms with Gasteiger partial charge >= 0.3 is 5.97 Å². The van der Waals surface area contributed by atoms with Crippen LogP contribution in [0.3, 0.4) is 0 Å². The summed E-state index contributed by atoms with van der Waals surface area (Å²) in [6, 6.07) is 23.0. The standard InChI is InChI=1S/C26H26NO6P/c1-31-20-15-19(16-21(17-20)32-2)27-24(28)18-33-25(29)26(13-14-26)34(30,22-9-5-3-6-10-22)23-11-7-4-8-12-23/h3-12,15-17H,13-14,18H2,1-2H3,(H,27,28). The topological polar surface area (TPSA) is 90.9 Å². The monoisotopic (exact) mass is 479 g/mol. The van der Waals surface area contributed by atoms with E-state index in [0.717, 1.165) is 0 Å². The molecule has 1 fully saturated rings. The highest BCUT2D eigenvalue weighted by molar-refractivity contribution is 7.81. The second-order valence-electron chi connectivity index (χ2n) is 8.04. The Bertz CT molecular complexity index is 1160. The van der Waals surface area contributed by atoms with E-state index in [4.69, 9.17) is 14.2 Å². The number of nitrogens with one attached hydrogen (secondary N) is 1. The van der Waals surface area contributed by atoms with E-state index in [2.05, 4.69) is 5.32 Å². The van der Waals surface area contributed by atoms with Gasteiger partial charge in [-0.05, 0) is 12.8 Å². The Kier molecular flexibility index (Phi) is 6.75. The Balaban J connectivity index is 1.52. The second-order valence-corrected chi connectivity index (χ2v) is 11.1. The smallest absolute Gasteiger partial charge is 0.320 e. The fraction of sp³-hybridized carbons (Fsp3) is 0.231. The van der Waals surface area contributed by atoms with Crippen LogP contribution < -0.4 is 25.4 Å². The maximum Gasteiger partial charge on any atom is 0.320 e. The Labute approximate surface area is 198 Å². The Morgan fingerprint density at radius 2 is 1.35 bits per heavy atom. The largest absolute Gasteiger partial charge is 0.497 e. The second kappa shape index (κ2) is 9.74. The third-order valence-corrected chi connectivity index (χ3v) is 9.80. The lowest BCUT2D eigenvalue weighted by molar-refractivity contribution is -0.147. The summed E-state index contributed by atoms with van der Waals surface area (Å²) in [6.07, 6.45) is 0.864. The van der Waals surface area contributed by atoms with Gasteiger partial charge < -0.3 is 24.1 Å². The van der Waals surface area contributed by atoms with Gasteiger partial charge in [-0.1, -0.05) is 60.7 Å². The molecule has 0 aliphatic heterocycles. The summed E-state index contributed by atoms with van der Waals surface area (Å²) in [5, 5.41) is 2.71. The molecule has 176 valence electrons. The molecule has 0 atom stereocenters. The highest BCUT2D eigenvalue weighted by Gasteiger charge is 2.65. The molecule has 0 bridgehead atoms. The molecule has 0 spiro atoms. The van der Waals surface area contributed by atoms with Gasteiger partial charge in [0.25, 0.3) is 5.91 Å². The predicted octanol–water partition coefficient (Wildman–Crippen LogP) is 3.73. The number of hydrogen-bond donors (Lipinski definition) is 1. The zero-order valence-corrected chi connectivity index (χ0v) is 19.9. The molecular weight excluding hydrogens is 453 g/mol. The molecule has 7 nitrogen and oxygen atoms in total. The number of rotatable bonds is 9. The summed E-state index contributed by atoms with van der Waals surface area (Å²) in [5.74, 6) is -0.124. The maximum atomic E-state index is 14.6. The lowest BCUT2D eigenvalue weighted by Gasteiger charge is -2.27. The lowest BCUT2D eigenvalue weighted by atomic mass is 10.2. The van der Waals surface area contributed by atoms with Crippen LogP contribution in [0.4, 0.5) is 5.69 Å². The third kappa shape index (κ3) is 4.44. The highest BCUT2D eigenvalue weighted by Crippen LogP contribution is 2.68. The van der Waals surface area contributed by atoms with E-state index >= 15 is 0 Å². The molecule has 3 aromatic rings. The van der Waals surface area contributed by atoms with Crippen molar-refractivity contribution in [3.8, 4) is 11.5 Å². The number of hydrogen-bond acceptors (Lipinski definition) is 6. The Morgan fingerprint density at radius 1 is 0.853 bits per heavy atom. The molecular formula is C26H26NO6P. The molecule has 1 saturated carbocycles. The number of amides is 1. The van der Waals surface area contributed by atoms with E-state index in [-0.39, 0.29) is 0 Å². The number of benzene rings is 3. The Morgan fingerprint density at radius 3 is 1.79 bits per heavy atom. The van der Waals surface area contributed by atoms with E-state index in [1.54, 1.807) is 42.5 Å². The number of carbonyl (C=O) groups is 2. The zero-order valence-electron chi connectivity index (χ0n) is 19.0. The SMILES string of the molecule is COc1cc(NC(=O)COC(=O)C2(P(=O)(c3ccccc3)c3ccccc3)CC2)cc(OC)c1. The molecule has 8 heteroatoms. The summed E-state index contributed by atoms with van der Waals surface area (Å²) in [6.45, 7) is -0.496. The minimum Gasteiger partial charge on any atom is -0.497 e. The van der Waals surface area contributed by atoms with Crippen molar-refractivity contribution in [3.63, 3.8) is 0 Å². The predicted molar refractivity (Wildman–Crippen MR) is 131 cm³/mol. The lowest BCUT2D eigenvalue weighted by Crippen LogP contribution is -2.36. The fourth-order valence-corrected chi connectivity index (χ4v) is 7.56. The molecule has 1 amide bonds. The van der Waals surface area contributed by atoms with E-state index in [1.165, 1.54) is 14.2 Å². The van der Waals surface area contributed by atoms with Gasteiger partial charge in [0.15, 0.2) is 13.7 Å². The van der Waals surface area contributed by atoms with Gasteiger partial charge in [-0.25, -0.2) is 0 Å². The van der Waals surface area contributed by atoms with Crippen LogP contribution in [0.1, 0.15) is 12.8 Å². The first-order valence-electron chi connectivity index (χ1n) is 10.8. The normalized spacial score (nSPS) is 14.1. The van der Waals surface area contributed by atoms with E-state index in [9.17, 15) is 14.2 Å². The van der Waals surface area contributed by atoms with Crippen LogP contribution in [0.2, 0.25) is 0 Å². The van der Waals surface area contributed by atoms with Gasteiger partial charge in [0.2, 0.25) is 0 Å². The van der Waals surface area contributed by atoms with Crippen molar-refractivity contribution in [2.45, 2.75) is 18.0 Å². The summed E-state index contributed by atoms with van der Waals surface area (Å²) in [4.78, 5) is 25.8. The van der Waals surface area contributed by atoms with E-state index in [1.807, 2.05) is 36.4 Å². The van der Waals surface area contributed by atoms with Crippen LogP contribution in [0, 0.1) is 0 Å². The quantitative estimate of drug-likeness (QED) is 0.372. The van der Waals surface area contributed by atoms with Crippen LogP contribution in [0.5, 0.6) is 11.5 Å². The number of carbonyl (C=O) groups excluding carboxylic acids is 2. The molecule has 3 aromatic carbocycles. The maximum absolute atomic E-state index is 14.6. The van der Waals surface area contributed by atoms with Crippen LogP contribution in [-0.2, 0) is 18.9 Å². The average Bonchev–Trinajstić information content (AvgIpc) is 3.70. The first-order chi connectivity index (χ1) is 16.4. The molecule has 0 aromatic heterocycles. The van der Waals surface area contributed by atoms with Crippen LogP contribution >= 0.6 is 7.14 Å². The van der Waals surface area contributed by atoms with Crippen LogP contribution in [-0.4, -0.2) is 37.9 Å². The van der Waals surface area contributed by atoms with Gasteiger partial charge in [-0.15, -0.1) is 0 Å². The van der Waals surface area contributed by atoms with E-state index in [0.29, 0.717) is 40.6 Å². The van der Waals surface area contributed by atoms with Gasteiger partial charge in [0.1, 0.15) is 16.7 Å². The molecule has 0 unspecified atom stereocenters. The van der Waals surface area contributed by atoms with Crippen LogP contribution in [0.15, 0.2) is 78.9 Å². The van der Waals surface area contributed by atoms with E-state index < -0.39 is 30.8 Å². The summed E-state index contributed by atoms with van der Waals surface area (Å²) >= 11 is 0. The van der Waals surface area contributed by atoms with Crippen molar-refractivity contribution in [1.29, 1.82) is 0 Å². The van der Waals surface area contributed by atoms with Gasteiger partial charge in [-0.2, -0.15) is 0 Å². The van der Waals surface area contributed by atoms with Crippen molar-refractivity contribution in [3.05, 3.63) is 78.9 Å². The minimum absolute atomic E-state index is 0.432. The first kappa shape index (κ1) is 23.6. The number of anilines is 1. The Hall–Kier alpha value is -3.57. The molecule has 0 saturated heterocycles. The first-order valence-corrected chi connectivity index (χ1v) is 12.6. The van der Waals surface area contributed by atoms with Crippen molar-refractivity contribution in [2.75, 3.05) is 26.1 Å².